The summed E-state index contributed by atoms with van der Waals surface area (Å²) in [7, 11) is -4.31. The molecule has 0 radical (unpaired) electrons. The zero-order valence-electron chi connectivity index (χ0n) is 29.6. The van der Waals surface area contributed by atoms with Crippen LogP contribution in [0.2, 0.25) is 0 Å². The number of benzene rings is 1. The number of hydrogen-bond donors (Lipinski definition) is 2. The monoisotopic (exact) mass is 814 g/mol. The predicted molar refractivity (Wildman–Crippen MR) is 192 cm³/mol. The van der Waals surface area contributed by atoms with E-state index in [1.807, 2.05) is 20.8 Å². The van der Waals surface area contributed by atoms with E-state index in [2.05, 4.69) is 31.0 Å². The van der Waals surface area contributed by atoms with E-state index in [0.29, 0.717) is 12.4 Å². The van der Waals surface area contributed by atoms with Gasteiger partial charge in [0, 0.05) is 40.4 Å². The van der Waals surface area contributed by atoms with Gasteiger partial charge >= 0.3 is 22.2 Å². The van der Waals surface area contributed by atoms with Gasteiger partial charge in [0.1, 0.15) is 11.5 Å². The highest BCUT2D eigenvalue weighted by Gasteiger charge is 2.42. The molecular formula is C27H42N8O11S5. The first kappa shape index (κ1) is 43.5. The van der Waals surface area contributed by atoms with Crippen LogP contribution in [0.25, 0.3) is 0 Å². The van der Waals surface area contributed by atoms with E-state index < -0.39 is 29.8 Å². The summed E-state index contributed by atoms with van der Waals surface area (Å²) in [6, 6.07) is 4.21. The van der Waals surface area contributed by atoms with Gasteiger partial charge in [-0.1, -0.05) is 36.5 Å². The lowest BCUT2D eigenvalue weighted by atomic mass is 9.85. The summed E-state index contributed by atoms with van der Waals surface area (Å²) < 4.78 is 84.2. The molecule has 0 bridgehead atoms. The maximum atomic E-state index is 11.5. The third-order valence-corrected chi connectivity index (χ3v) is 13.6. The average molecular weight is 815 g/mol. The Labute approximate surface area is 305 Å². The first-order chi connectivity index (χ1) is 23.6. The van der Waals surface area contributed by atoms with Gasteiger partial charge in [0.15, 0.2) is 0 Å². The van der Waals surface area contributed by atoms with Crippen LogP contribution in [0.4, 0.5) is 19.9 Å². The lowest BCUT2D eigenvalue weighted by Gasteiger charge is -2.25. The Bertz CT molecular complexity index is 1910. The van der Waals surface area contributed by atoms with Crippen molar-refractivity contribution in [3.63, 3.8) is 0 Å². The van der Waals surface area contributed by atoms with E-state index in [0.717, 1.165) is 34.5 Å². The van der Waals surface area contributed by atoms with E-state index in [-0.39, 0.29) is 60.0 Å². The number of carbonyl (C=O) groups excluding carboxylic acids is 2. The highest BCUT2D eigenvalue weighted by Crippen LogP contribution is 2.44. The number of urea groups is 2. The summed E-state index contributed by atoms with van der Waals surface area (Å²) in [4.78, 5) is 24.9. The number of fused-ring (bicyclic) bond motifs is 1. The molecule has 24 heteroatoms. The van der Waals surface area contributed by atoms with Gasteiger partial charge in [-0.15, -0.1) is 20.4 Å². The molecule has 3 aromatic rings. The Morgan fingerprint density at radius 2 is 1.29 bits per heavy atom. The van der Waals surface area contributed by atoms with Gasteiger partial charge in [0.05, 0.1) is 23.2 Å². The maximum absolute atomic E-state index is 11.5. The van der Waals surface area contributed by atoms with Crippen LogP contribution in [0.15, 0.2) is 26.9 Å². The second-order valence-electron chi connectivity index (χ2n) is 10.8. The average Bonchev–Trinajstić information content (AvgIpc) is 3.83. The Hall–Kier alpha value is -3.71. The van der Waals surface area contributed by atoms with Crippen molar-refractivity contribution >= 4 is 74.8 Å². The van der Waals surface area contributed by atoms with Crippen LogP contribution in [-0.4, -0.2) is 117 Å². The van der Waals surface area contributed by atoms with E-state index in [1.165, 1.54) is 51.8 Å². The fraction of sp³-hybridized carbons (Fsp3) is 0.556. The first-order valence-electron chi connectivity index (χ1n) is 14.9. The van der Waals surface area contributed by atoms with E-state index in [9.17, 15) is 34.8 Å². The van der Waals surface area contributed by atoms with E-state index in [1.54, 1.807) is 18.2 Å². The van der Waals surface area contributed by atoms with Gasteiger partial charge in [0.2, 0.25) is 44.9 Å². The number of nitrogens with zero attached hydrogens (tertiary/aromatic N) is 6. The molecule has 286 valence electrons. The van der Waals surface area contributed by atoms with E-state index in [4.69, 9.17) is 13.7 Å². The largest absolute Gasteiger partial charge is 0.464 e. The van der Waals surface area contributed by atoms with Gasteiger partial charge in [-0.3, -0.25) is 9.80 Å². The van der Waals surface area contributed by atoms with Gasteiger partial charge in [-0.25, -0.2) is 26.4 Å². The van der Waals surface area contributed by atoms with Crippen LogP contribution in [0, 0.1) is 0 Å². The maximum Gasteiger partial charge on any atom is 0.323 e. The molecule has 4 rings (SSSR count). The van der Waals surface area contributed by atoms with Crippen molar-refractivity contribution in [2.75, 3.05) is 62.4 Å². The summed E-state index contributed by atoms with van der Waals surface area (Å²) >= 11 is 1.74. The smallest absolute Gasteiger partial charge is 0.323 e. The molecule has 0 saturated carbocycles. The van der Waals surface area contributed by atoms with Crippen molar-refractivity contribution in [3.8, 4) is 11.5 Å². The summed E-state index contributed by atoms with van der Waals surface area (Å²) in [6.07, 6.45) is 0.645. The zero-order valence-corrected chi connectivity index (χ0v) is 33.7. The molecule has 3 heterocycles. The molecule has 0 fully saturated rings. The van der Waals surface area contributed by atoms with Crippen molar-refractivity contribution in [1.82, 2.24) is 31.0 Å². The first-order valence-corrected chi connectivity index (χ1v) is 21.7. The molecule has 19 nitrogen and oxygen atoms in total. The summed E-state index contributed by atoms with van der Waals surface area (Å²) in [5, 5.41) is 19.7. The Balaban J connectivity index is 0.000000267. The molecule has 2 N–H and O–H groups in total. The standard InChI is InChI=1S/C13H18O5S.2C7H12N4O3S2/c1-5-16-12-13(2,3)10-8-9(18-19(4,14)15)6-7-11(10)17-12;2*1-4-16(13,14)7-10-9-6(15-7)11(3)5(12)8-2/h6-8,12H,5H2,1-4H3;2*4H2,1-3H3,(H,8,12). The third kappa shape index (κ3) is 11.4. The number of sulfone groups is 2. The quantitative estimate of drug-likeness (QED) is 0.220. The molecule has 0 spiro atoms. The van der Waals surface area contributed by atoms with Crippen molar-refractivity contribution in [1.29, 1.82) is 0 Å². The predicted octanol–water partition coefficient (Wildman–Crippen LogP) is 2.27. The Kier molecular flexibility index (Phi) is 15.1. The molecule has 0 aliphatic carbocycles. The van der Waals surface area contributed by atoms with Crippen LogP contribution in [0.3, 0.4) is 0 Å². The summed E-state index contributed by atoms with van der Waals surface area (Å²) in [5.41, 5.74) is 0.523. The van der Waals surface area contributed by atoms with Crippen LogP contribution in [0.1, 0.15) is 40.2 Å². The molecular weight excluding hydrogens is 773 g/mol. The Morgan fingerprint density at radius 1 is 0.843 bits per heavy atom. The topological polar surface area (TPSA) is 246 Å². The Morgan fingerprint density at radius 3 is 1.67 bits per heavy atom. The molecule has 1 aromatic carbocycles. The highest BCUT2D eigenvalue weighted by atomic mass is 32.2. The van der Waals surface area contributed by atoms with Gasteiger partial charge in [0.25, 0.3) is 0 Å². The van der Waals surface area contributed by atoms with Crippen LogP contribution < -0.4 is 29.4 Å². The van der Waals surface area contributed by atoms with Crippen molar-refractivity contribution in [2.24, 2.45) is 0 Å². The lowest BCUT2D eigenvalue weighted by Crippen LogP contribution is -2.34. The molecule has 1 unspecified atom stereocenters. The molecule has 0 saturated heterocycles. The number of amides is 4. The highest BCUT2D eigenvalue weighted by molar-refractivity contribution is 7.93. The van der Waals surface area contributed by atoms with Crippen LogP contribution in [-0.2, 0) is 39.9 Å². The summed E-state index contributed by atoms with van der Waals surface area (Å²) in [6.45, 7) is 9.49. The minimum atomic E-state index is -3.53. The zero-order chi connectivity index (χ0) is 38.9. The van der Waals surface area contributed by atoms with Crippen molar-refractivity contribution in [3.05, 3.63) is 23.8 Å². The minimum absolute atomic E-state index is 0.0364. The fourth-order valence-electron chi connectivity index (χ4n) is 3.81. The third-order valence-electron chi connectivity index (χ3n) is 6.73. The normalized spacial score (nSPS) is 14.7. The van der Waals surface area contributed by atoms with E-state index >= 15 is 0 Å². The van der Waals surface area contributed by atoms with Gasteiger partial charge < -0.3 is 24.3 Å². The molecule has 1 aliphatic rings. The van der Waals surface area contributed by atoms with Crippen LogP contribution >= 0.6 is 22.7 Å². The molecule has 51 heavy (non-hydrogen) atoms. The minimum Gasteiger partial charge on any atom is -0.464 e. The number of nitrogens with one attached hydrogen (secondary N) is 2. The fourth-order valence-corrected chi connectivity index (χ4v) is 8.34. The number of carbonyl (C=O) groups is 2. The molecule has 1 atom stereocenters. The lowest BCUT2D eigenvalue weighted by molar-refractivity contribution is -0.0981. The van der Waals surface area contributed by atoms with Gasteiger partial charge in [-0.05, 0) is 39.0 Å². The number of aromatic nitrogens is 4. The van der Waals surface area contributed by atoms with Crippen LogP contribution in [0.5, 0.6) is 11.5 Å². The number of anilines is 2. The number of rotatable bonds is 10. The molecule has 1 aliphatic heterocycles. The number of hydrogen-bond acceptors (Lipinski definition) is 17. The second-order valence-corrected chi connectivity index (χ2v) is 19.2. The number of ether oxygens (including phenoxy) is 2. The van der Waals surface area contributed by atoms with Crippen molar-refractivity contribution in [2.45, 2.75) is 55.0 Å². The SMILES string of the molecule is CCOC1Oc2ccc(OS(C)(=O)=O)cc2C1(C)C.CCS(=O)(=O)c1nnc(N(C)C(=O)NC)s1.CCS(=O)(=O)c1nnc(N(C)C(=O)NC)s1. The summed E-state index contributed by atoms with van der Waals surface area (Å²) in [5.74, 6) is 0.913. The molecule has 2 aromatic heterocycles. The van der Waals surface area contributed by atoms with Crippen molar-refractivity contribution < 1.29 is 48.5 Å². The second kappa shape index (κ2) is 17.7. The van der Waals surface area contributed by atoms with Gasteiger partial charge in [-0.2, -0.15) is 8.42 Å². The molecule has 4 amide bonds.